The molecule has 1 unspecified atom stereocenters. The standard InChI is InChI=1S/C17H21NO2/c1-3-18-16-11-20-9-8-13-12-6-4-5-7-14(12)17(19-2)10-15(13)16/h4-7,10,16,18H,3,8-9,11H2,1-2H3. The van der Waals surface area contributed by atoms with Gasteiger partial charge in [0, 0.05) is 5.39 Å². The Kier molecular flexibility index (Phi) is 3.90. The molecule has 0 amide bonds. The third kappa shape index (κ3) is 2.28. The highest BCUT2D eigenvalue weighted by molar-refractivity contribution is 5.92. The van der Waals surface area contributed by atoms with Crippen LogP contribution in [0.3, 0.4) is 0 Å². The summed E-state index contributed by atoms with van der Waals surface area (Å²) in [6, 6.07) is 10.9. The lowest BCUT2D eigenvalue weighted by atomic mass is 9.92. The summed E-state index contributed by atoms with van der Waals surface area (Å²) in [6.07, 6.45) is 0.960. The molecule has 1 N–H and O–H groups in total. The predicted octanol–water partition coefficient (Wildman–Crippen LogP) is 3.07. The van der Waals surface area contributed by atoms with Crippen LogP contribution in [0.25, 0.3) is 10.8 Å². The summed E-state index contributed by atoms with van der Waals surface area (Å²) >= 11 is 0. The van der Waals surface area contributed by atoms with Gasteiger partial charge in [-0.2, -0.15) is 0 Å². The quantitative estimate of drug-likeness (QED) is 0.930. The fraction of sp³-hybridized carbons (Fsp3) is 0.412. The summed E-state index contributed by atoms with van der Waals surface area (Å²) in [7, 11) is 1.74. The summed E-state index contributed by atoms with van der Waals surface area (Å²) < 4.78 is 11.4. The van der Waals surface area contributed by atoms with Crippen molar-refractivity contribution in [3.63, 3.8) is 0 Å². The van der Waals surface area contributed by atoms with E-state index >= 15 is 0 Å². The maximum absolute atomic E-state index is 5.76. The highest BCUT2D eigenvalue weighted by atomic mass is 16.5. The first kappa shape index (κ1) is 13.4. The zero-order valence-corrected chi connectivity index (χ0v) is 12.1. The van der Waals surface area contributed by atoms with Crippen LogP contribution < -0.4 is 10.1 Å². The Hall–Kier alpha value is -1.58. The predicted molar refractivity (Wildman–Crippen MR) is 81.4 cm³/mol. The smallest absolute Gasteiger partial charge is 0.127 e. The first-order valence-electron chi connectivity index (χ1n) is 7.24. The van der Waals surface area contributed by atoms with Gasteiger partial charge in [0.15, 0.2) is 0 Å². The van der Waals surface area contributed by atoms with Crippen LogP contribution in [0.1, 0.15) is 24.1 Å². The fourth-order valence-corrected chi connectivity index (χ4v) is 3.06. The van der Waals surface area contributed by atoms with Gasteiger partial charge < -0.3 is 14.8 Å². The van der Waals surface area contributed by atoms with Gasteiger partial charge in [0.25, 0.3) is 0 Å². The van der Waals surface area contributed by atoms with E-state index < -0.39 is 0 Å². The average Bonchev–Trinajstić information content (AvgIpc) is 2.69. The van der Waals surface area contributed by atoms with Crippen molar-refractivity contribution in [1.29, 1.82) is 0 Å². The largest absolute Gasteiger partial charge is 0.496 e. The van der Waals surface area contributed by atoms with Crippen LogP contribution in [0, 0.1) is 0 Å². The van der Waals surface area contributed by atoms with E-state index in [1.807, 2.05) is 0 Å². The van der Waals surface area contributed by atoms with Crippen LogP contribution >= 0.6 is 0 Å². The van der Waals surface area contributed by atoms with E-state index in [-0.39, 0.29) is 6.04 Å². The zero-order chi connectivity index (χ0) is 13.9. The van der Waals surface area contributed by atoms with Gasteiger partial charge in [0.1, 0.15) is 5.75 Å². The van der Waals surface area contributed by atoms with Crippen LogP contribution in [-0.4, -0.2) is 26.9 Å². The molecule has 2 aromatic rings. The monoisotopic (exact) mass is 271 g/mol. The first-order valence-corrected chi connectivity index (χ1v) is 7.24. The van der Waals surface area contributed by atoms with Crippen LogP contribution in [0.4, 0.5) is 0 Å². The number of rotatable bonds is 3. The van der Waals surface area contributed by atoms with Crippen molar-refractivity contribution in [3.05, 3.63) is 41.5 Å². The fourth-order valence-electron chi connectivity index (χ4n) is 3.06. The van der Waals surface area contributed by atoms with Crippen LogP contribution in [0.2, 0.25) is 0 Å². The molecule has 1 heterocycles. The van der Waals surface area contributed by atoms with E-state index in [2.05, 4.69) is 42.6 Å². The van der Waals surface area contributed by atoms with Crippen LogP contribution in [-0.2, 0) is 11.2 Å². The van der Waals surface area contributed by atoms with Gasteiger partial charge in [-0.15, -0.1) is 0 Å². The molecule has 0 aromatic heterocycles. The summed E-state index contributed by atoms with van der Waals surface area (Å²) in [5.74, 6) is 0.948. The molecule has 0 saturated carbocycles. The topological polar surface area (TPSA) is 30.5 Å². The van der Waals surface area contributed by atoms with Crippen molar-refractivity contribution < 1.29 is 9.47 Å². The summed E-state index contributed by atoms with van der Waals surface area (Å²) in [5.41, 5.74) is 2.71. The molecule has 1 aliphatic heterocycles. The SMILES string of the molecule is CCNC1COCCc2c1cc(OC)c1ccccc21. The number of methoxy groups -OCH3 is 1. The van der Waals surface area contributed by atoms with Gasteiger partial charge in [0.05, 0.1) is 26.4 Å². The lowest BCUT2D eigenvalue weighted by molar-refractivity contribution is 0.122. The maximum Gasteiger partial charge on any atom is 0.127 e. The molecule has 1 atom stereocenters. The van der Waals surface area contributed by atoms with Gasteiger partial charge in [-0.3, -0.25) is 0 Å². The molecule has 0 bridgehead atoms. The molecule has 3 nitrogen and oxygen atoms in total. The highest BCUT2D eigenvalue weighted by Crippen LogP contribution is 2.35. The van der Waals surface area contributed by atoms with Crippen LogP contribution in [0.15, 0.2) is 30.3 Å². The van der Waals surface area contributed by atoms with E-state index in [1.165, 1.54) is 21.9 Å². The number of fused-ring (bicyclic) bond motifs is 3. The van der Waals surface area contributed by atoms with Gasteiger partial charge in [-0.05, 0) is 35.5 Å². The average molecular weight is 271 g/mol. The van der Waals surface area contributed by atoms with E-state index in [0.717, 1.165) is 31.9 Å². The minimum absolute atomic E-state index is 0.246. The Labute approximate surface area is 119 Å². The van der Waals surface area contributed by atoms with E-state index in [4.69, 9.17) is 9.47 Å². The Morgan fingerprint density at radius 1 is 1.30 bits per heavy atom. The second-order valence-corrected chi connectivity index (χ2v) is 5.13. The molecule has 0 fully saturated rings. The van der Waals surface area contributed by atoms with Gasteiger partial charge in [-0.25, -0.2) is 0 Å². The number of likely N-dealkylation sites (N-methyl/N-ethyl adjacent to an activating group) is 1. The molecule has 3 heteroatoms. The number of ether oxygens (including phenoxy) is 2. The molecule has 0 radical (unpaired) electrons. The molecule has 1 aliphatic rings. The van der Waals surface area contributed by atoms with Crippen LogP contribution in [0.5, 0.6) is 5.75 Å². The molecule has 20 heavy (non-hydrogen) atoms. The summed E-state index contributed by atoms with van der Waals surface area (Å²) in [4.78, 5) is 0. The summed E-state index contributed by atoms with van der Waals surface area (Å²) in [5, 5.41) is 5.99. The van der Waals surface area contributed by atoms with Crippen molar-refractivity contribution in [2.75, 3.05) is 26.9 Å². The second kappa shape index (κ2) is 5.81. The molecule has 2 aromatic carbocycles. The third-order valence-corrected chi connectivity index (χ3v) is 3.98. The Balaban J connectivity index is 2.24. The minimum Gasteiger partial charge on any atom is -0.496 e. The number of nitrogens with one attached hydrogen (secondary N) is 1. The normalized spacial score (nSPS) is 18.6. The molecule has 0 aliphatic carbocycles. The molecule has 0 spiro atoms. The molecular weight excluding hydrogens is 250 g/mol. The highest BCUT2D eigenvalue weighted by Gasteiger charge is 2.22. The summed E-state index contributed by atoms with van der Waals surface area (Å²) in [6.45, 7) is 4.57. The number of benzene rings is 2. The van der Waals surface area contributed by atoms with E-state index in [0.29, 0.717) is 0 Å². The third-order valence-electron chi connectivity index (χ3n) is 3.98. The Morgan fingerprint density at radius 3 is 2.85 bits per heavy atom. The van der Waals surface area contributed by atoms with E-state index in [9.17, 15) is 0 Å². The van der Waals surface area contributed by atoms with Gasteiger partial charge in [-0.1, -0.05) is 31.2 Å². The Morgan fingerprint density at radius 2 is 2.10 bits per heavy atom. The maximum atomic E-state index is 5.76. The molecule has 106 valence electrons. The first-order chi connectivity index (χ1) is 9.85. The van der Waals surface area contributed by atoms with Crippen molar-refractivity contribution >= 4 is 10.8 Å². The van der Waals surface area contributed by atoms with E-state index in [1.54, 1.807) is 7.11 Å². The molecular formula is C17H21NO2. The lowest BCUT2D eigenvalue weighted by Crippen LogP contribution is -2.25. The molecule has 0 saturated heterocycles. The second-order valence-electron chi connectivity index (χ2n) is 5.13. The Bertz CT molecular complexity index is 609. The van der Waals surface area contributed by atoms with Crippen molar-refractivity contribution in [1.82, 2.24) is 5.32 Å². The van der Waals surface area contributed by atoms with Crippen molar-refractivity contribution in [2.24, 2.45) is 0 Å². The lowest BCUT2D eigenvalue weighted by Gasteiger charge is -2.20. The van der Waals surface area contributed by atoms with Gasteiger partial charge in [0.2, 0.25) is 0 Å². The minimum atomic E-state index is 0.246. The molecule has 3 rings (SSSR count). The van der Waals surface area contributed by atoms with Crippen molar-refractivity contribution in [3.8, 4) is 5.75 Å². The zero-order valence-electron chi connectivity index (χ0n) is 12.1. The van der Waals surface area contributed by atoms with Crippen molar-refractivity contribution in [2.45, 2.75) is 19.4 Å². The number of hydrogen-bond donors (Lipinski definition) is 1. The number of hydrogen-bond acceptors (Lipinski definition) is 3. The van der Waals surface area contributed by atoms with Gasteiger partial charge >= 0.3 is 0 Å².